The summed E-state index contributed by atoms with van der Waals surface area (Å²) in [4.78, 5) is 0. The average Bonchev–Trinajstić information content (AvgIpc) is 3.01. The highest BCUT2D eigenvalue weighted by Gasteiger charge is 2.73. The smallest absolute Gasteiger partial charge is 0.159 e. The van der Waals surface area contributed by atoms with Crippen LogP contribution in [0.15, 0.2) is 12.7 Å². The number of hydrogen-bond acceptors (Lipinski definition) is 2. The van der Waals surface area contributed by atoms with Crippen molar-refractivity contribution in [3.8, 4) is 0 Å². The van der Waals surface area contributed by atoms with Gasteiger partial charge in [0.2, 0.25) is 0 Å². The molecule has 1 heterocycles. The molecule has 2 nitrogen and oxygen atoms in total. The van der Waals surface area contributed by atoms with Crippen LogP contribution in [0.1, 0.15) is 66.2 Å². The molecule has 0 aromatic carbocycles. The van der Waals surface area contributed by atoms with Crippen LogP contribution in [-0.4, -0.2) is 18.0 Å². The van der Waals surface area contributed by atoms with E-state index in [1.165, 1.54) is 25.7 Å². The van der Waals surface area contributed by atoms with Crippen LogP contribution >= 0.6 is 0 Å². The second kappa shape index (κ2) is 4.60. The van der Waals surface area contributed by atoms with Gasteiger partial charge in [-0.2, -0.15) is 0 Å². The summed E-state index contributed by atoms with van der Waals surface area (Å²) in [6.45, 7) is 13.7. The number of hydrogen-bond donors (Lipinski definition) is 0. The van der Waals surface area contributed by atoms with Crippen molar-refractivity contribution in [3.63, 3.8) is 0 Å². The molecule has 3 aliphatic carbocycles. The van der Waals surface area contributed by atoms with Gasteiger partial charge in [-0.25, -0.2) is 0 Å². The first-order chi connectivity index (χ1) is 10.3. The lowest BCUT2D eigenvalue weighted by molar-refractivity contribution is -0.122. The van der Waals surface area contributed by atoms with E-state index in [1.54, 1.807) is 0 Å². The standard InChI is InChI=1S/C20H32O2/c1-6-7-8-17-21-16-12-20-11-15(19(16,5)22-17)18(3,4)14(20)10-9-13(20)2/h6,13-17H,1,7-12H2,2-5H3/t13-,14+,15-,16+,17+,19-,20-/m1/s1. The molecular formula is C20H32O2. The molecule has 1 spiro atoms. The molecule has 0 aromatic heterocycles. The minimum Gasteiger partial charge on any atom is -0.346 e. The number of ether oxygens (including phenoxy) is 2. The van der Waals surface area contributed by atoms with Crippen LogP contribution in [0.3, 0.4) is 0 Å². The second-order valence-corrected chi connectivity index (χ2v) is 9.27. The highest BCUT2D eigenvalue weighted by Crippen LogP contribution is 2.74. The normalized spacial score (nSPS) is 55.0. The molecular weight excluding hydrogens is 272 g/mol. The number of fused-ring (bicyclic) bond motifs is 3. The van der Waals surface area contributed by atoms with Gasteiger partial charge >= 0.3 is 0 Å². The number of allylic oxidation sites excluding steroid dienone is 1. The van der Waals surface area contributed by atoms with E-state index >= 15 is 0 Å². The zero-order valence-electron chi connectivity index (χ0n) is 14.7. The lowest BCUT2D eigenvalue weighted by atomic mass is 9.63. The third-order valence-corrected chi connectivity index (χ3v) is 8.15. The summed E-state index contributed by atoms with van der Waals surface area (Å²) in [7, 11) is 0. The number of rotatable bonds is 3. The van der Waals surface area contributed by atoms with Crippen molar-refractivity contribution in [2.45, 2.75) is 84.2 Å². The van der Waals surface area contributed by atoms with E-state index in [0.29, 0.717) is 22.9 Å². The lowest BCUT2D eigenvalue weighted by Crippen LogP contribution is -2.52. The molecule has 124 valence electrons. The van der Waals surface area contributed by atoms with Crippen molar-refractivity contribution in [3.05, 3.63) is 12.7 Å². The Morgan fingerprint density at radius 3 is 2.64 bits per heavy atom. The zero-order chi connectivity index (χ0) is 15.8. The Balaban J connectivity index is 1.67. The van der Waals surface area contributed by atoms with Gasteiger partial charge in [0.25, 0.3) is 0 Å². The van der Waals surface area contributed by atoms with Gasteiger partial charge in [0.05, 0.1) is 11.7 Å². The lowest BCUT2D eigenvalue weighted by Gasteiger charge is -2.47. The molecule has 2 heteroatoms. The van der Waals surface area contributed by atoms with E-state index in [9.17, 15) is 0 Å². The van der Waals surface area contributed by atoms with E-state index < -0.39 is 0 Å². The van der Waals surface area contributed by atoms with Crippen molar-refractivity contribution in [1.82, 2.24) is 0 Å². The SMILES string of the molecule is C=CCC[C@H]1O[C@H]2C[C@@]34C[C@H](C(C)(C)[C@@H]3CC[C@H]4C)[C@@]2(C)O1. The Morgan fingerprint density at radius 1 is 1.14 bits per heavy atom. The Labute approximate surface area is 135 Å². The van der Waals surface area contributed by atoms with Gasteiger partial charge in [0.1, 0.15) is 0 Å². The van der Waals surface area contributed by atoms with Gasteiger partial charge in [0, 0.05) is 6.42 Å². The fraction of sp³-hybridized carbons (Fsp3) is 0.900. The summed E-state index contributed by atoms with van der Waals surface area (Å²) in [6, 6.07) is 0. The first kappa shape index (κ1) is 15.2. The van der Waals surface area contributed by atoms with Crippen LogP contribution in [-0.2, 0) is 9.47 Å². The van der Waals surface area contributed by atoms with Crippen molar-refractivity contribution in [2.75, 3.05) is 0 Å². The Morgan fingerprint density at radius 2 is 1.91 bits per heavy atom. The highest BCUT2D eigenvalue weighted by molar-refractivity contribution is 5.21. The van der Waals surface area contributed by atoms with Crippen molar-refractivity contribution >= 4 is 0 Å². The molecule has 0 N–H and O–H groups in total. The quantitative estimate of drug-likeness (QED) is 0.688. The summed E-state index contributed by atoms with van der Waals surface area (Å²) in [5.41, 5.74) is 0.824. The molecule has 0 aromatic rings. The van der Waals surface area contributed by atoms with Gasteiger partial charge in [-0.15, -0.1) is 6.58 Å². The van der Waals surface area contributed by atoms with Crippen LogP contribution in [0.4, 0.5) is 0 Å². The molecule has 1 saturated heterocycles. The predicted octanol–water partition coefficient (Wildman–Crippen LogP) is 4.94. The molecule has 0 amide bonds. The minimum absolute atomic E-state index is 0.0188. The largest absolute Gasteiger partial charge is 0.346 e. The van der Waals surface area contributed by atoms with Gasteiger partial charge in [-0.1, -0.05) is 26.8 Å². The molecule has 4 aliphatic rings. The van der Waals surface area contributed by atoms with E-state index in [1.807, 2.05) is 6.08 Å². The maximum absolute atomic E-state index is 6.55. The van der Waals surface area contributed by atoms with E-state index in [0.717, 1.165) is 24.7 Å². The Bertz CT molecular complexity index is 484. The van der Waals surface area contributed by atoms with Crippen molar-refractivity contribution < 1.29 is 9.47 Å². The maximum Gasteiger partial charge on any atom is 0.159 e. The van der Waals surface area contributed by atoms with Crippen LogP contribution < -0.4 is 0 Å². The molecule has 2 bridgehead atoms. The molecule has 7 atom stereocenters. The molecule has 4 rings (SSSR count). The van der Waals surface area contributed by atoms with Crippen LogP contribution in [0.25, 0.3) is 0 Å². The summed E-state index contributed by atoms with van der Waals surface area (Å²) >= 11 is 0. The summed E-state index contributed by atoms with van der Waals surface area (Å²) in [5.74, 6) is 2.35. The average molecular weight is 304 g/mol. The van der Waals surface area contributed by atoms with Crippen molar-refractivity contribution in [1.29, 1.82) is 0 Å². The molecule has 22 heavy (non-hydrogen) atoms. The highest BCUT2D eigenvalue weighted by atomic mass is 16.7. The van der Waals surface area contributed by atoms with Crippen molar-refractivity contribution in [2.24, 2.45) is 28.6 Å². The molecule has 4 fully saturated rings. The first-order valence-electron chi connectivity index (χ1n) is 9.29. The third kappa shape index (κ3) is 1.69. The topological polar surface area (TPSA) is 18.5 Å². The zero-order valence-corrected chi connectivity index (χ0v) is 14.7. The van der Waals surface area contributed by atoms with E-state index in [2.05, 4.69) is 34.3 Å². The van der Waals surface area contributed by atoms with E-state index in [4.69, 9.17) is 9.47 Å². The van der Waals surface area contributed by atoms with Gasteiger partial charge in [-0.05, 0) is 67.6 Å². The maximum atomic E-state index is 6.55. The van der Waals surface area contributed by atoms with Gasteiger partial charge < -0.3 is 9.47 Å². The fourth-order valence-electron chi connectivity index (χ4n) is 7.03. The molecule has 0 unspecified atom stereocenters. The first-order valence-corrected chi connectivity index (χ1v) is 9.29. The molecule has 1 aliphatic heterocycles. The third-order valence-electron chi connectivity index (χ3n) is 8.15. The monoisotopic (exact) mass is 304 g/mol. The van der Waals surface area contributed by atoms with Gasteiger partial charge in [0.15, 0.2) is 6.29 Å². The van der Waals surface area contributed by atoms with E-state index in [-0.39, 0.29) is 11.9 Å². The summed E-state index contributed by atoms with van der Waals surface area (Å²) < 4.78 is 13.0. The second-order valence-electron chi connectivity index (χ2n) is 9.27. The molecule has 3 saturated carbocycles. The Hall–Kier alpha value is -0.340. The summed E-state index contributed by atoms with van der Waals surface area (Å²) in [5, 5.41) is 0. The van der Waals surface area contributed by atoms with Crippen LogP contribution in [0.2, 0.25) is 0 Å². The van der Waals surface area contributed by atoms with Gasteiger partial charge in [-0.3, -0.25) is 0 Å². The Kier molecular flexibility index (Phi) is 3.18. The van der Waals surface area contributed by atoms with Crippen LogP contribution in [0.5, 0.6) is 0 Å². The summed E-state index contributed by atoms with van der Waals surface area (Å²) in [6.07, 6.45) is 9.58. The minimum atomic E-state index is -0.0787. The predicted molar refractivity (Wildman–Crippen MR) is 88.4 cm³/mol. The fourth-order valence-corrected chi connectivity index (χ4v) is 7.03. The molecule has 0 radical (unpaired) electrons. The van der Waals surface area contributed by atoms with Crippen LogP contribution in [0, 0.1) is 28.6 Å².